The number of hydrogen-bond donors (Lipinski definition) is 0. The minimum atomic E-state index is -0.129. The van der Waals surface area contributed by atoms with E-state index in [0.717, 1.165) is 37.9 Å². The van der Waals surface area contributed by atoms with Crippen LogP contribution in [0.15, 0.2) is 48.7 Å². The number of carbonyl (C=O) groups is 2. The molecule has 0 bridgehead atoms. The maximum absolute atomic E-state index is 13.6. The first kappa shape index (κ1) is 25.0. The molecule has 1 aliphatic rings. The number of benzene rings is 1. The third-order valence-electron chi connectivity index (χ3n) is 6.32. The topological polar surface area (TPSA) is 54.8 Å². The van der Waals surface area contributed by atoms with Crippen molar-refractivity contribution >= 4 is 11.8 Å². The first-order valence-electron chi connectivity index (χ1n) is 12.2. The Morgan fingerprint density at radius 1 is 1.03 bits per heavy atom. The van der Waals surface area contributed by atoms with Crippen molar-refractivity contribution in [2.45, 2.75) is 65.1 Å². The van der Waals surface area contributed by atoms with Crippen LogP contribution in [0.4, 0.5) is 0 Å². The van der Waals surface area contributed by atoms with Crippen LogP contribution in [0.1, 0.15) is 57.2 Å². The van der Waals surface area contributed by atoms with Crippen LogP contribution in [-0.2, 0) is 27.4 Å². The monoisotopic (exact) mass is 453 g/mol. The number of hydrogen-bond acceptors (Lipinski definition) is 3. The highest BCUT2D eigenvalue weighted by Crippen LogP contribution is 2.25. The molecule has 6 heteroatoms. The Balaban J connectivity index is 1.78. The van der Waals surface area contributed by atoms with E-state index in [1.54, 1.807) is 4.90 Å². The maximum atomic E-state index is 13.6. The predicted molar refractivity (Wildman–Crippen MR) is 131 cm³/mol. The predicted octanol–water partition coefficient (Wildman–Crippen LogP) is 4.33. The molecule has 2 amide bonds. The molecule has 0 radical (unpaired) electrons. The quantitative estimate of drug-likeness (QED) is 0.509. The Labute approximate surface area is 198 Å². The van der Waals surface area contributed by atoms with E-state index in [1.165, 1.54) is 19.1 Å². The fraction of sp³-hybridized carbons (Fsp3) is 0.556. The van der Waals surface area contributed by atoms with Gasteiger partial charge in [-0.3, -0.25) is 9.59 Å². The van der Waals surface area contributed by atoms with Gasteiger partial charge in [-0.2, -0.15) is 0 Å². The molecule has 1 aromatic heterocycles. The van der Waals surface area contributed by atoms with Crippen molar-refractivity contribution in [1.82, 2.24) is 14.4 Å². The number of ether oxygens (including phenoxy) is 1. The van der Waals surface area contributed by atoms with E-state index in [-0.39, 0.29) is 36.9 Å². The molecular weight excluding hydrogens is 414 g/mol. The highest BCUT2D eigenvalue weighted by Gasteiger charge is 2.29. The second-order valence-electron chi connectivity index (χ2n) is 9.53. The van der Waals surface area contributed by atoms with Gasteiger partial charge < -0.3 is 19.1 Å². The summed E-state index contributed by atoms with van der Waals surface area (Å²) >= 11 is 0. The van der Waals surface area contributed by atoms with Gasteiger partial charge in [0.05, 0.1) is 13.1 Å². The third kappa shape index (κ3) is 7.46. The molecule has 0 atom stereocenters. The molecule has 1 aliphatic carbocycles. The van der Waals surface area contributed by atoms with Crippen LogP contribution in [0.25, 0.3) is 0 Å². The molecule has 1 saturated carbocycles. The SMILES string of the molecule is COCC(=O)N(CC(=O)N(Cc1cccn1Cc1ccccc1)C1CCCCC1)CC(C)C. The molecule has 3 rings (SSSR count). The molecule has 0 N–H and O–H groups in total. The lowest BCUT2D eigenvalue weighted by Crippen LogP contribution is -2.49. The average Bonchev–Trinajstić information content (AvgIpc) is 3.24. The van der Waals surface area contributed by atoms with Crippen molar-refractivity contribution in [2.75, 3.05) is 26.8 Å². The van der Waals surface area contributed by atoms with Gasteiger partial charge in [0.15, 0.2) is 0 Å². The van der Waals surface area contributed by atoms with Gasteiger partial charge in [0, 0.05) is 38.1 Å². The molecule has 0 unspecified atom stereocenters. The summed E-state index contributed by atoms with van der Waals surface area (Å²) in [6.45, 7) is 6.13. The Morgan fingerprint density at radius 3 is 2.42 bits per heavy atom. The molecule has 6 nitrogen and oxygen atoms in total. The summed E-state index contributed by atoms with van der Waals surface area (Å²) < 4.78 is 7.29. The van der Waals surface area contributed by atoms with E-state index < -0.39 is 0 Å². The number of methoxy groups -OCH3 is 1. The first-order chi connectivity index (χ1) is 16.0. The van der Waals surface area contributed by atoms with E-state index in [0.29, 0.717) is 13.1 Å². The molecule has 0 saturated heterocycles. The van der Waals surface area contributed by atoms with Gasteiger partial charge >= 0.3 is 0 Å². The summed E-state index contributed by atoms with van der Waals surface area (Å²) in [6, 6.07) is 14.8. The molecule has 1 heterocycles. The van der Waals surface area contributed by atoms with Crippen LogP contribution in [0.2, 0.25) is 0 Å². The lowest BCUT2D eigenvalue weighted by atomic mass is 9.94. The van der Waals surface area contributed by atoms with Crippen LogP contribution < -0.4 is 0 Å². The minimum absolute atomic E-state index is 0.00333. The van der Waals surface area contributed by atoms with Gasteiger partial charge in [-0.25, -0.2) is 0 Å². The summed E-state index contributed by atoms with van der Waals surface area (Å²) in [6.07, 6.45) is 7.67. The van der Waals surface area contributed by atoms with Gasteiger partial charge in [-0.1, -0.05) is 63.4 Å². The number of amides is 2. The van der Waals surface area contributed by atoms with Crippen molar-refractivity contribution in [3.8, 4) is 0 Å². The number of carbonyl (C=O) groups excluding carboxylic acids is 2. The van der Waals surface area contributed by atoms with Crippen molar-refractivity contribution < 1.29 is 14.3 Å². The normalized spacial score (nSPS) is 14.4. The molecule has 180 valence electrons. The molecule has 2 aromatic rings. The van der Waals surface area contributed by atoms with E-state index in [4.69, 9.17) is 4.74 Å². The fourth-order valence-electron chi connectivity index (χ4n) is 4.68. The van der Waals surface area contributed by atoms with Crippen molar-refractivity contribution in [2.24, 2.45) is 5.92 Å². The van der Waals surface area contributed by atoms with E-state index in [2.05, 4.69) is 61.0 Å². The number of rotatable bonds is 11. The molecule has 1 fully saturated rings. The molecular formula is C27H39N3O3. The van der Waals surface area contributed by atoms with E-state index in [1.807, 2.05) is 11.0 Å². The zero-order valence-electron chi connectivity index (χ0n) is 20.4. The first-order valence-corrected chi connectivity index (χ1v) is 12.2. The van der Waals surface area contributed by atoms with Gasteiger partial charge in [0.25, 0.3) is 0 Å². The van der Waals surface area contributed by atoms with Crippen molar-refractivity contribution in [3.05, 3.63) is 59.9 Å². The van der Waals surface area contributed by atoms with Gasteiger partial charge in [0.2, 0.25) is 11.8 Å². The summed E-state index contributed by atoms with van der Waals surface area (Å²) in [5.74, 6) is 0.180. The standard InChI is InChI=1S/C27H39N3O3/c1-22(2)17-29(27(32)21-33-3)20-26(31)30(24-13-8-5-9-14-24)19-25-15-10-16-28(25)18-23-11-6-4-7-12-23/h4,6-7,10-12,15-16,22,24H,5,8-9,13-14,17-21H2,1-3H3. The second-order valence-corrected chi connectivity index (χ2v) is 9.53. The number of aromatic nitrogens is 1. The van der Waals surface area contributed by atoms with Crippen LogP contribution >= 0.6 is 0 Å². The van der Waals surface area contributed by atoms with E-state index >= 15 is 0 Å². The Morgan fingerprint density at radius 2 is 1.76 bits per heavy atom. The fourth-order valence-corrected chi connectivity index (χ4v) is 4.68. The second kappa shape index (κ2) is 12.6. The highest BCUT2D eigenvalue weighted by atomic mass is 16.5. The van der Waals surface area contributed by atoms with Crippen LogP contribution in [0.3, 0.4) is 0 Å². The average molecular weight is 454 g/mol. The Kier molecular flexibility index (Phi) is 9.55. The van der Waals surface area contributed by atoms with Crippen molar-refractivity contribution in [1.29, 1.82) is 0 Å². The Hall–Kier alpha value is -2.60. The third-order valence-corrected chi connectivity index (χ3v) is 6.32. The van der Waals surface area contributed by atoms with Crippen molar-refractivity contribution in [3.63, 3.8) is 0 Å². The van der Waals surface area contributed by atoms with Gasteiger partial charge in [-0.15, -0.1) is 0 Å². The van der Waals surface area contributed by atoms with Crippen LogP contribution in [0.5, 0.6) is 0 Å². The smallest absolute Gasteiger partial charge is 0.249 e. The molecule has 0 aliphatic heterocycles. The summed E-state index contributed by atoms with van der Waals surface area (Å²) in [7, 11) is 1.52. The molecule has 0 spiro atoms. The lowest BCUT2D eigenvalue weighted by Gasteiger charge is -2.36. The maximum Gasteiger partial charge on any atom is 0.249 e. The molecule has 1 aromatic carbocycles. The molecule has 33 heavy (non-hydrogen) atoms. The van der Waals surface area contributed by atoms with Crippen LogP contribution in [-0.4, -0.2) is 59.0 Å². The zero-order chi connectivity index (χ0) is 23.6. The zero-order valence-corrected chi connectivity index (χ0v) is 20.4. The van der Waals surface area contributed by atoms with Crippen LogP contribution in [0, 0.1) is 5.92 Å². The van der Waals surface area contributed by atoms with Gasteiger partial charge in [-0.05, 0) is 36.5 Å². The van der Waals surface area contributed by atoms with E-state index in [9.17, 15) is 9.59 Å². The lowest BCUT2D eigenvalue weighted by molar-refractivity contribution is -0.145. The largest absolute Gasteiger partial charge is 0.375 e. The number of nitrogens with zero attached hydrogens (tertiary/aromatic N) is 3. The summed E-state index contributed by atoms with van der Waals surface area (Å²) in [4.78, 5) is 29.9. The minimum Gasteiger partial charge on any atom is -0.375 e. The van der Waals surface area contributed by atoms with Gasteiger partial charge in [0.1, 0.15) is 6.61 Å². The Bertz CT molecular complexity index is 872. The summed E-state index contributed by atoms with van der Waals surface area (Å²) in [5.41, 5.74) is 2.36. The summed E-state index contributed by atoms with van der Waals surface area (Å²) in [5, 5.41) is 0. The highest BCUT2D eigenvalue weighted by molar-refractivity contribution is 5.85.